The molecule has 0 amide bonds. The quantitative estimate of drug-likeness (QED) is 0.782. The van der Waals surface area contributed by atoms with Gasteiger partial charge in [-0.1, -0.05) is 55.3 Å². The first-order valence-electron chi connectivity index (χ1n) is 7.27. The predicted octanol–water partition coefficient (Wildman–Crippen LogP) is 5.07. The van der Waals surface area contributed by atoms with Gasteiger partial charge >= 0.3 is 0 Å². The molecule has 2 rings (SSSR count). The molecule has 2 aromatic rings. The van der Waals surface area contributed by atoms with Crippen LogP contribution in [0.3, 0.4) is 0 Å². The fourth-order valence-corrected chi connectivity index (χ4v) is 2.61. The normalized spacial score (nSPS) is 10.8. The zero-order valence-corrected chi connectivity index (χ0v) is 13.0. The van der Waals surface area contributed by atoms with Crippen LogP contribution in [-0.4, -0.2) is 7.05 Å². The minimum absolute atomic E-state index is 0.790. The monoisotopic (exact) mass is 287 g/mol. The smallest absolute Gasteiger partial charge is 0.0409 e. The van der Waals surface area contributed by atoms with Crippen LogP contribution in [0, 0.1) is 0 Å². The molecule has 1 N–H and O–H groups in total. The van der Waals surface area contributed by atoms with Gasteiger partial charge in [0.1, 0.15) is 0 Å². The third-order valence-electron chi connectivity index (χ3n) is 3.52. The lowest BCUT2D eigenvalue weighted by Gasteiger charge is -2.11. The lowest BCUT2D eigenvalue weighted by atomic mass is 9.97. The molecule has 0 aliphatic carbocycles. The SMILES string of the molecule is CCCCc1ccc(-c2ccc(Cl)cc2CNC)cc1. The number of aryl methyl sites for hydroxylation is 1. The van der Waals surface area contributed by atoms with Crippen LogP contribution in [0.2, 0.25) is 5.02 Å². The summed E-state index contributed by atoms with van der Waals surface area (Å²) in [4.78, 5) is 0. The van der Waals surface area contributed by atoms with Gasteiger partial charge < -0.3 is 5.32 Å². The zero-order valence-electron chi connectivity index (χ0n) is 12.2. The second-order valence-corrected chi connectivity index (χ2v) is 5.57. The summed E-state index contributed by atoms with van der Waals surface area (Å²) in [5, 5.41) is 3.99. The Bertz CT molecular complexity index is 546. The van der Waals surface area contributed by atoms with E-state index in [9.17, 15) is 0 Å². The summed E-state index contributed by atoms with van der Waals surface area (Å²) >= 11 is 6.09. The molecule has 2 heteroatoms. The minimum Gasteiger partial charge on any atom is -0.316 e. The first-order valence-corrected chi connectivity index (χ1v) is 7.64. The average Bonchev–Trinajstić information content (AvgIpc) is 2.46. The van der Waals surface area contributed by atoms with Crippen molar-refractivity contribution >= 4 is 11.6 Å². The van der Waals surface area contributed by atoms with Crippen molar-refractivity contribution < 1.29 is 0 Å². The molecule has 0 saturated carbocycles. The molecule has 0 atom stereocenters. The molecule has 1 nitrogen and oxygen atoms in total. The van der Waals surface area contributed by atoms with E-state index in [0.29, 0.717) is 0 Å². The number of benzene rings is 2. The Labute approximate surface area is 127 Å². The van der Waals surface area contributed by atoms with Gasteiger partial charge in [-0.3, -0.25) is 0 Å². The first-order chi connectivity index (χ1) is 9.74. The van der Waals surface area contributed by atoms with Crippen LogP contribution < -0.4 is 5.32 Å². The van der Waals surface area contributed by atoms with Crippen molar-refractivity contribution in [2.24, 2.45) is 0 Å². The van der Waals surface area contributed by atoms with Gasteiger partial charge in [-0.15, -0.1) is 0 Å². The Morgan fingerprint density at radius 2 is 1.80 bits per heavy atom. The maximum atomic E-state index is 6.09. The summed E-state index contributed by atoms with van der Waals surface area (Å²) in [7, 11) is 1.96. The Hall–Kier alpha value is -1.31. The molecule has 2 aromatic carbocycles. The van der Waals surface area contributed by atoms with Gasteiger partial charge in [-0.25, -0.2) is 0 Å². The fourth-order valence-electron chi connectivity index (χ4n) is 2.41. The van der Waals surface area contributed by atoms with Crippen molar-refractivity contribution in [3.8, 4) is 11.1 Å². The van der Waals surface area contributed by atoms with Crippen LogP contribution >= 0.6 is 11.6 Å². The van der Waals surface area contributed by atoms with E-state index in [1.54, 1.807) is 0 Å². The third kappa shape index (κ3) is 3.84. The molecule has 0 aromatic heterocycles. The minimum atomic E-state index is 0.790. The van der Waals surface area contributed by atoms with Gasteiger partial charge in [0.2, 0.25) is 0 Å². The Morgan fingerprint density at radius 1 is 1.05 bits per heavy atom. The van der Waals surface area contributed by atoms with E-state index >= 15 is 0 Å². The number of halogens is 1. The van der Waals surface area contributed by atoms with Crippen molar-refractivity contribution in [3.05, 3.63) is 58.6 Å². The van der Waals surface area contributed by atoms with Gasteiger partial charge in [0.15, 0.2) is 0 Å². The predicted molar refractivity (Wildman–Crippen MR) is 88.3 cm³/mol. The molecule has 0 saturated heterocycles. The third-order valence-corrected chi connectivity index (χ3v) is 3.75. The molecular weight excluding hydrogens is 266 g/mol. The summed E-state index contributed by atoms with van der Waals surface area (Å²) in [6.07, 6.45) is 3.66. The van der Waals surface area contributed by atoms with Crippen molar-refractivity contribution in [1.29, 1.82) is 0 Å². The van der Waals surface area contributed by atoms with Crippen LogP contribution in [0.4, 0.5) is 0 Å². The van der Waals surface area contributed by atoms with Gasteiger partial charge in [-0.2, -0.15) is 0 Å². The van der Waals surface area contributed by atoms with E-state index in [4.69, 9.17) is 11.6 Å². The van der Waals surface area contributed by atoms with E-state index in [-0.39, 0.29) is 0 Å². The summed E-state index contributed by atoms with van der Waals surface area (Å²) in [6, 6.07) is 15.0. The summed E-state index contributed by atoms with van der Waals surface area (Å²) < 4.78 is 0. The number of nitrogens with one attached hydrogen (secondary N) is 1. The molecule has 0 spiro atoms. The lowest BCUT2D eigenvalue weighted by Crippen LogP contribution is -2.06. The van der Waals surface area contributed by atoms with Gasteiger partial charge in [0, 0.05) is 11.6 Å². The molecule has 0 bridgehead atoms. The van der Waals surface area contributed by atoms with E-state index in [1.807, 2.05) is 19.2 Å². The number of rotatable bonds is 6. The topological polar surface area (TPSA) is 12.0 Å². The molecule has 0 aliphatic rings. The largest absolute Gasteiger partial charge is 0.316 e. The number of unbranched alkanes of at least 4 members (excludes halogenated alkanes) is 1. The molecule has 0 unspecified atom stereocenters. The molecule has 0 radical (unpaired) electrons. The maximum absolute atomic E-state index is 6.09. The average molecular weight is 288 g/mol. The Morgan fingerprint density at radius 3 is 2.45 bits per heavy atom. The van der Waals surface area contributed by atoms with E-state index < -0.39 is 0 Å². The number of hydrogen-bond acceptors (Lipinski definition) is 1. The summed E-state index contributed by atoms with van der Waals surface area (Å²) in [5.74, 6) is 0. The highest BCUT2D eigenvalue weighted by Crippen LogP contribution is 2.27. The van der Waals surface area contributed by atoms with E-state index in [1.165, 1.54) is 41.5 Å². The summed E-state index contributed by atoms with van der Waals surface area (Å²) in [5.41, 5.74) is 5.17. The molecule has 0 heterocycles. The van der Waals surface area contributed by atoms with Gasteiger partial charge in [0.05, 0.1) is 0 Å². The highest BCUT2D eigenvalue weighted by molar-refractivity contribution is 6.30. The Kier molecular flexibility index (Phi) is 5.63. The lowest BCUT2D eigenvalue weighted by molar-refractivity contribution is 0.795. The summed E-state index contributed by atoms with van der Waals surface area (Å²) in [6.45, 7) is 3.06. The van der Waals surface area contributed by atoms with Crippen LogP contribution in [0.25, 0.3) is 11.1 Å². The highest BCUT2D eigenvalue weighted by Gasteiger charge is 2.05. The van der Waals surface area contributed by atoms with Crippen molar-refractivity contribution in [1.82, 2.24) is 5.32 Å². The molecular formula is C18H22ClN. The molecule has 0 aliphatic heterocycles. The highest BCUT2D eigenvalue weighted by atomic mass is 35.5. The Balaban J connectivity index is 2.26. The molecule has 106 valence electrons. The van der Waals surface area contributed by atoms with E-state index in [0.717, 1.165) is 11.6 Å². The standard InChI is InChI=1S/C18H22ClN/c1-3-4-5-14-6-8-15(9-7-14)18-11-10-17(19)12-16(18)13-20-2/h6-12,20H,3-5,13H2,1-2H3. The second-order valence-electron chi connectivity index (χ2n) is 5.13. The maximum Gasteiger partial charge on any atom is 0.0409 e. The molecule has 20 heavy (non-hydrogen) atoms. The molecule has 0 fully saturated rings. The van der Waals surface area contributed by atoms with Gasteiger partial charge in [0.25, 0.3) is 0 Å². The fraction of sp³-hybridized carbons (Fsp3) is 0.333. The number of hydrogen-bond donors (Lipinski definition) is 1. The zero-order chi connectivity index (χ0) is 14.4. The second kappa shape index (κ2) is 7.47. The van der Waals surface area contributed by atoms with Crippen LogP contribution in [-0.2, 0) is 13.0 Å². The van der Waals surface area contributed by atoms with Gasteiger partial charge in [-0.05, 0) is 54.3 Å². The van der Waals surface area contributed by atoms with Crippen molar-refractivity contribution in [3.63, 3.8) is 0 Å². The first kappa shape index (κ1) is 15.1. The van der Waals surface area contributed by atoms with E-state index in [2.05, 4.69) is 42.6 Å². The van der Waals surface area contributed by atoms with Crippen molar-refractivity contribution in [2.45, 2.75) is 32.7 Å². The van der Waals surface area contributed by atoms with Crippen LogP contribution in [0.1, 0.15) is 30.9 Å². The van der Waals surface area contributed by atoms with Crippen LogP contribution in [0.5, 0.6) is 0 Å². The van der Waals surface area contributed by atoms with Crippen molar-refractivity contribution in [2.75, 3.05) is 7.05 Å². The van der Waals surface area contributed by atoms with Crippen LogP contribution in [0.15, 0.2) is 42.5 Å².